The Morgan fingerprint density at radius 3 is 2.39 bits per heavy atom. The zero-order valence-electron chi connectivity index (χ0n) is 17.3. The Hall–Kier alpha value is -3.19. The van der Waals surface area contributed by atoms with Gasteiger partial charge in [0.25, 0.3) is 5.82 Å². The van der Waals surface area contributed by atoms with E-state index in [1.54, 1.807) is 54.6 Å². The number of Topliss-reactive ketones (excluding diaryl/α,β-unsaturated/α-hetero) is 1. The molecule has 0 aliphatic rings. The largest absolute Gasteiger partial charge is 0.451 e. The van der Waals surface area contributed by atoms with Crippen molar-refractivity contribution in [1.82, 2.24) is 14.8 Å². The molecule has 33 heavy (non-hydrogen) atoms. The van der Waals surface area contributed by atoms with Gasteiger partial charge in [-0.3, -0.25) is 4.79 Å². The van der Waals surface area contributed by atoms with Crippen LogP contribution in [0.1, 0.15) is 26.5 Å². The Morgan fingerprint density at radius 2 is 1.70 bits per heavy atom. The summed E-state index contributed by atoms with van der Waals surface area (Å²) in [6, 6.07) is 18.7. The number of aryl methyl sites for hydroxylation is 1. The fourth-order valence-electron chi connectivity index (χ4n) is 3.02. The third-order valence-corrected chi connectivity index (χ3v) is 5.67. The number of hydrogen-bond donors (Lipinski definition) is 0. The van der Waals surface area contributed by atoms with Crippen LogP contribution in [0.4, 0.5) is 0 Å². The van der Waals surface area contributed by atoms with E-state index in [9.17, 15) is 9.59 Å². The van der Waals surface area contributed by atoms with Crippen molar-refractivity contribution in [3.63, 3.8) is 0 Å². The molecule has 6 nitrogen and oxygen atoms in total. The predicted octanol–water partition coefficient (Wildman–Crippen LogP) is 6.24. The molecule has 0 spiro atoms. The van der Waals surface area contributed by atoms with Crippen LogP contribution in [-0.2, 0) is 4.74 Å². The number of esters is 1. The molecule has 1 aromatic heterocycles. The second-order valence-electron chi connectivity index (χ2n) is 7.12. The van der Waals surface area contributed by atoms with Crippen molar-refractivity contribution in [1.29, 1.82) is 0 Å². The molecular weight excluding hydrogens is 485 g/mol. The molecule has 0 bridgehead atoms. The lowest BCUT2D eigenvalue weighted by Gasteiger charge is -2.08. The summed E-state index contributed by atoms with van der Waals surface area (Å²) in [5, 5.41) is 5.86. The second kappa shape index (κ2) is 9.75. The second-order valence-corrected chi connectivity index (χ2v) is 8.40. The first-order valence-corrected chi connectivity index (χ1v) is 10.9. The Labute approximate surface area is 204 Å². The molecule has 1 heterocycles. The van der Waals surface area contributed by atoms with E-state index in [0.717, 1.165) is 5.56 Å². The molecule has 166 valence electrons. The van der Waals surface area contributed by atoms with Gasteiger partial charge in [-0.2, -0.15) is 0 Å². The van der Waals surface area contributed by atoms with Gasteiger partial charge < -0.3 is 4.74 Å². The van der Waals surface area contributed by atoms with E-state index in [2.05, 4.69) is 10.1 Å². The van der Waals surface area contributed by atoms with Crippen LogP contribution in [0.15, 0.2) is 66.7 Å². The van der Waals surface area contributed by atoms with Crippen molar-refractivity contribution in [3.05, 3.63) is 98.7 Å². The van der Waals surface area contributed by atoms with Crippen LogP contribution in [0.2, 0.25) is 15.1 Å². The number of carbonyl (C=O) groups is 2. The number of halogens is 3. The van der Waals surface area contributed by atoms with E-state index >= 15 is 0 Å². The molecule has 9 heteroatoms. The Morgan fingerprint density at radius 1 is 0.939 bits per heavy atom. The zero-order valence-corrected chi connectivity index (χ0v) is 19.5. The third-order valence-electron chi connectivity index (χ3n) is 4.77. The van der Waals surface area contributed by atoms with Crippen molar-refractivity contribution in [2.45, 2.75) is 6.92 Å². The predicted molar refractivity (Wildman–Crippen MR) is 128 cm³/mol. The fraction of sp³-hybridized carbons (Fsp3) is 0.0833. The molecule has 0 radical (unpaired) electrons. The highest BCUT2D eigenvalue weighted by Crippen LogP contribution is 2.26. The fourth-order valence-corrected chi connectivity index (χ4v) is 3.51. The maximum Gasteiger partial charge on any atom is 0.378 e. The van der Waals surface area contributed by atoms with Crippen LogP contribution in [-0.4, -0.2) is 33.1 Å². The SMILES string of the molecule is Cc1ccc(-n2nc(C(=O)OCC(=O)c3ccc(Cl)cc3)nc2-c2cccc(Cl)c2)cc1Cl. The van der Waals surface area contributed by atoms with E-state index in [1.807, 2.05) is 19.1 Å². The molecule has 0 saturated carbocycles. The molecule has 0 unspecified atom stereocenters. The average molecular weight is 501 g/mol. The first-order valence-electron chi connectivity index (χ1n) is 9.77. The molecular formula is C24H16Cl3N3O3. The van der Waals surface area contributed by atoms with Crippen LogP contribution in [0.3, 0.4) is 0 Å². The number of aromatic nitrogens is 3. The monoisotopic (exact) mass is 499 g/mol. The first-order chi connectivity index (χ1) is 15.8. The summed E-state index contributed by atoms with van der Waals surface area (Å²) >= 11 is 18.3. The smallest absolute Gasteiger partial charge is 0.378 e. The van der Waals surface area contributed by atoms with Gasteiger partial charge in [0.15, 0.2) is 18.2 Å². The Balaban J connectivity index is 1.64. The van der Waals surface area contributed by atoms with Gasteiger partial charge >= 0.3 is 5.97 Å². The van der Waals surface area contributed by atoms with Crippen molar-refractivity contribution < 1.29 is 14.3 Å². The summed E-state index contributed by atoms with van der Waals surface area (Å²) in [6.45, 7) is 1.42. The molecule has 0 aliphatic heterocycles. The van der Waals surface area contributed by atoms with Gasteiger partial charge in [0.1, 0.15) is 0 Å². The zero-order chi connectivity index (χ0) is 23.5. The van der Waals surface area contributed by atoms with E-state index in [-0.39, 0.29) is 11.6 Å². The first kappa shape index (κ1) is 23.0. The standard InChI is InChI=1S/C24H16Cl3N3O3/c1-14-5-10-19(12-20(14)27)30-23(16-3-2-4-18(26)11-16)28-22(29-30)24(32)33-13-21(31)15-6-8-17(25)9-7-15/h2-12H,13H2,1H3. The van der Waals surface area contributed by atoms with Crippen LogP contribution in [0.25, 0.3) is 17.1 Å². The van der Waals surface area contributed by atoms with Crippen LogP contribution >= 0.6 is 34.8 Å². The minimum Gasteiger partial charge on any atom is -0.451 e. The molecule has 0 aliphatic carbocycles. The van der Waals surface area contributed by atoms with Crippen LogP contribution < -0.4 is 0 Å². The number of carbonyl (C=O) groups excluding carboxylic acids is 2. The molecule has 0 saturated heterocycles. The highest BCUT2D eigenvalue weighted by Gasteiger charge is 2.21. The number of rotatable bonds is 6. The molecule has 0 atom stereocenters. The number of hydrogen-bond acceptors (Lipinski definition) is 5. The van der Waals surface area contributed by atoms with Crippen molar-refractivity contribution in [3.8, 4) is 17.1 Å². The van der Waals surface area contributed by atoms with E-state index in [0.29, 0.717) is 37.7 Å². The van der Waals surface area contributed by atoms with Crippen LogP contribution in [0, 0.1) is 6.92 Å². The summed E-state index contributed by atoms with van der Waals surface area (Å²) in [5.74, 6) is -1.05. The summed E-state index contributed by atoms with van der Waals surface area (Å²) in [6.07, 6.45) is 0. The maximum atomic E-state index is 12.7. The van der Waals surface area contributed by atoms with Gasteiger partial charge in [-0.15, -0.1) is 5.10 Å². The lowest BCUT2D eigenvalue weighted by molar-refractivity contribution is 0.0462. The van der Waals surface area contributed by atoms with Gasteiger partial charge in [-0.25, -0.2) is 14.5 Å². The Kier molecular flexibility index (Phi) is 6.79. The molecule has 0 amide bonds. The van der Waals surface area contributed by atoms with Crippen molar-refractivity contribution in [2.75, 3.05) is 6.61 Å². The number of benzene rings is 3. The number of ether oxygens (including phenoxy) is 1. The lowest BCUT2D eigenvalue weighted by Crippen LogP contribution is -2.15. The lowest BCUT2D eigenvalue weighted by atomic mass is 10.1. The van der Waals surface area contributed by atoms with Gasteiger partial charge in [0, 0.05) is 26.2 Å². The number of nitrogens with zero attached hydrogens (tertiary/aromatic N) is 3. The van der Waals surface area contributed by atoms with E-state index in [1.165, 1.54) is 4.68 Å². The highest BCUT2D eigenvalue weighted by molar-refractivity contribution is 6.31. The summed E-state index contributed by atoms with van der Waals surface area (Å²) in [7, 11) is 0. The summed E-state index contributed by atoms with van der Waals surface area (Å²) in [4.78, 5) is 29.3. The molecule has 0 fully saturated rings. The normalized spacial score (nSPS) is 10.8. The van der Waals surface area contributed by atoms with Crippen molar-refractivity contribution >= 4 is 46.6 Å². The van der Waals surface area contributed by atoms with E-state index < -0.39 is 12.6 Å². The number of ketones is 1. The average Bonchev–Trinajstić information content (AvgIpc) is 3.25. The van der Waals surface area contributed by atoms with E-state index in [4.69, 9.17) is 39.5 Å². The molecule has 4 rings (SSSR count). The van der Waals surface area contributed by atoms with Crippen LogP contribution in [0.5, 0.6) is 0 Å². The Bertz CT molecular complexity index is 1350. The maximum absolute atomic E-state index is 12.7. The minimum atomic E-state index is -0.836. The minimum absolute atomic E-state index is 0.203. The van der Waals surface area contributed by atoms with Crippen molar-refractivity contribution in [2.24, 2.45) is 0 Å². The highest BCUT2D eigenvalue weighted by atomic mass is 35.5. The van der Waals surface area contributed by atoms with Gasteiger partial charge in [0.05, 0.1) is 5.69 Å². The topological polar surface area (TPSA) is 74.1 Å². The van der Waals surface area contributed by atoms with Gasteiger partial charge in [0.2, 0.25) is 0 Å². The molecule has 4 aromatic rings. The quantitative estimate of drug-likeness (QED) is 0.231. The molecule has 3 aromatic carbocycles. The van der Waals surface area contributed by atoms with Gasteiger partial charge in [-0.1, -0.05) is 53.0 Å². The summed E-state index contributed by atoms with van der Waals surface area (Å²) < 4.78 is 6.65. The molecule has 0 N–H and O–H groups in total. The summed E-state index contributed by atoms with van der Waals surface area (Å²) in [5.41, 5.74) is 2.51. The van der Waals surface area contributed by atoms with Gasteiger partial charge in [-0.05, 0) is 61.0 Å². The third kappa shape index (κ3) is 5.25.